The van der Waals surface area contributed by atoms with Gasteiger partial charge in [-0.25, -0.2) is 14.6 Å². The van der Waals surface area contributed by atoms with Crippen LogP contribution in [0.3, 0.4) is 0 Å². The van der Waals surface area contributed by atoms with E-state index in [0.717, 1.165) is 21.1 Å². The summed E-state index contributed by atoms with van der Waals surface area (Å²) in [6.07, 6.45) is -3.04. The number of pyridine rings is 1. The van der Waals surface area contributed by atoms with Crippen molar-refractivity contribution in [2.45, 2.75) is 52.0 Å². The molecule has 0 aliphatic rings. The van der Waals surface area contributed by atoms with E-state index in [1.807, 2.05) is 17.5 Å². The van der Waals surface area contributed by atoms with Gasteiger partial charge in [-0.15, -0.1) is 22.7 Å². The summed E-state index contributed by atoms with van der Waals surface area (Å²) in [7, 11) is 0. The van der Waals surface area contributed by atoms with Crippen LogP contribution in [-0.4, -0.2) is 39.0 Å². The van der Waals surface area contributed by atoms with Crippen molar-refractivity contribution in [3.05, 3.63) is 43.5 Å². The molecule has 0 bridgehead atoms. The van der Waals surface area contributed by atoms with Gasteiger partial charge in [-0.05, 0) is 39.1 Å². The second-order valence-electron chi connectivity index (χ2n) is 8.25. The summed E-state index contributed by atoms with van der Waals surface area (Å²) in [6.45, 7) is 6.93. The van der Waals surface area contributed by atoms with Crippen LogP contribution in [0.25, 0.3) is 10.2 Å². The van der Waals surface area contributed by atoms with Crippen LogP contribution in [0.2, 0.25) is 10.2 Å². The number of thiophene rings is 2. The molecule has 3 rings (SSSR count). The third kappa shape index (κ3) is 6.07. The predicted molar refractivity (Wildman–Crippen MR) is 132 cm³/mol. The fourth-order valence-electron chi connectivity index (χ4n) is 3.01. The lowest BCUT2D eigenvalue weighted by Crippen LogP contribution is -2.40. The summed E-state index contributed by atoms with van der Waals surface area (Å²) in [5.41, 5.74) is -0.105. The van der Waals surface area contributed by atoms with E-state index in [2.05, 4.69) is 10.3 Å². The molecule has 2 amide bonds. The zero-order chi connectivity index (χ0) is 24.5. The van der Waals surface area contributed by atoms with Crippen LogP contribution in [-0.2, 0) is 11.3 Å². The van der Waals surface area contributed by atoms with Gasteiger partial charge in [0.1, 0.15) is 22.4 Å². The molecule has 3 heterocycles. The van der Waals surface area contributed by atoms with E-state index >= 15 is 0 Å². The van der Waals surface area contributed by atoms with E-state index < -0.39 is 29.9 Å². The van der Waals surface area contributed by atoms with Crippen LogP contribution < -0.4 is 10.2 Å². The number of carbonyl (C=O) groups is 2. The van der Waals surface area contributed by atoms with Gasteiger partial charge in [0, 0.05) is 10.9 Å². The largest absolute Gasteiger partial charge is 0.465 e. The number of aliphatic hydroxyl groups excluding tert-OH is 1. The highest BCUT2D eigenvalue weighted by atomic mass is 35.5. The van der Waals surface area contributed by atoms with E-state index in [1.54, 1.807) is 27.7 Å². The number of ether oxygens (including phenoxy) is 1. The van der Waals surface area contributed by atoms with Crippen molar-refractivity contribution in [2.24, 2.45) is 0 Å². The van der Waals surface area contributed by atoms with Crippen molar-refractivity contribution in [1.29, 1.82) is 0 Å². The molecular formula is C21H23Cl2N3O5S2. The Kier molecular flexibility index (Phi) is 7.75. The standard InChI is InChI=1S/C21H23Cl2N3O5S2/c1-10(24-19(28)31-21(2,3)4)16(27)18-14(23)15-17(33-18)12(8-13(22)25-15)26(20(29)30)9-11-6-5-7-32-11/h5-8,10,16,27H,9H2,1-4H3,(H,24,28)(H,29,30)/t10-,16?/m0/s1. The number of nitrogens with zero attached hydrogens (tertiary/aromatic N) is 2. The number of hydrogen-bond donors (Lipinski definition) is 3. The van der Waals surface area contributed by atoms with E-state index in [1.165, 1.54) is 17.4 Å². The number of carboxylic acid groups (broad SMARTS) is 1. The van der Waals surface area contributed by atoms with Gasteiger partial charge in [0.25, 0.3) is 0 Å². The van der Waals surface area contributed by atoms with Crippen LogP contribution in [0.15, 0.2) is 23.6 Å². The van der Waals surface area contributed by atoms with E-state index in [9.17, 15) is 19.8 Å². The van der Waals surface area contributed by atoms with Crippen LogP contribution in [0.4, 0.5) is 15.3 Å². The lowest BCUT2D eigenvalue weighted by Gasteiger charge is -2.24. The molecule has 0 radical (unpaired) electrons. The molecule has 3 N–H and O–H groups in total. The van der Waals surface area contributed by atoms with Crippen LogP contribution >= 0.6 is 45.9 Å². The van der Waals surface area contributed by atoms with Crippen molar-refractivity contribution in [3.8, 4) is 0 Å². The summed E-state index contributed by atoms with van der Waals surface area (Å²) in [5.74, 6) is 0. The highest BCUT2D eigenvalue weighted by molar-refractivity contribution is 7.20. The Balaban J connectivity index is 1.98. The first-order valence-electron chi connectivity index (χ1n) is 9.86. The molecule has 0 saturated carbocycles. The molecule has 8 nitrogen and oxygen atoms in total. The minimum atomic E-state index is -1.19. The zero-order valence-corrected chi connectivity index (χ0v) is 21.4. The van der Waals surface area contributed by atoms with Crippen LogP contribution in [0, 0.1) is 0 Å². The summed E-state index contributed by atoms with van der Waals surface area (Å²) < 4.78 is 5.69. The molecule has 3 aromatic heterocycles. The van der Waals surface area contributed by atoms with Gasteiger partial charge in [0.2, 0.25) is 0 Å². The molecule has 0 aliphatic heterocycles. The third-order valence-corrected chi connectivity index (χ3v) is 7.28. The molecule has 3 aromatic rings. The van der Waals surface area contributed by atoms with Gasteiger partial charge < -0.3 is 20.3 Å². The molecule has 0 spiro atoms. The monoisotopic (exact) mass is 531 g/mol. The summed E-state index contributed by atoms with van der Waals surface area (Å²) in [5, 5.41) is 25.4. The number of aliphatic hydroxyl groups is 1. The van der Waals surface area contributed by atoms with Crippen molar-refractivity contribution < 1.29 is 24.5 Å². The molecule has 0 saturated heterocycles. The molecule has 1 unspecified atom stereocenters. The number of hydrogen-bond acceptors (Lipinski definition) is 7. The normalized spacial score (nSPS) is 13.5. The van der Waals surface area contributed by atoms with Gasteiger partial charge in [-0.1, -0.05) is 29.3 Å². The Morgan fingerprint density at radius 1 is 1.33 bits per heavy atom. The maximum atomic E-state index is 12.1. The molecule has 12 heteroatoms. The van der Waals surface area contributed by atoms with Crippen molar-refractivity contribution in [3.63, 3.8) is 0 Å². The van der Waals surface area contributed by atoms with Crippen LogP contribution in [0.1, 0.15) is 43.6 Å². The number of aromatic nitrogens is 1. The van der Waals surface area contributed by atoms with Gasteiger partial charge in [0.05, 0.1) is 32.9 Å². The molecule has 0 fully saturated rings. The Morgan fingerprint density at radius 3 is 2.61 bits per heavy atom. The van der Waals surface area contributed by atoms with Crippen molar-refractivity contribution in [1.82, 2.24) is 10.3 Å². The summed E-state index contributed by atoms with van der Waals surface area (Å²) >= 11 is 15.3. The first kappa shape index (κ1) is 25.5. The maximum absolute atomic E-state index is 12.1. The molecule has 0 aliphatic carbocycles. The van der Waals surface area contributed by atoms with Gasteiger partial charge in [-0.2, -0.15) is 0 Å². The van der Waals surface area contributed by atoms with Gasteiger partial charge >= 0.3 is 12.2 Å². The fourth-order valence-corrected chi connectivity index (χ4v) is 5.56. The smallest absolute Gasteiger partial charge is 0.412 e. The number of fused-ring (bicyclic) bond motifs is 1. The second-order valence-corrected chi connectivity index (χ2v) is 11.1. The molecular weight excluding hydrogens is 509 g/mol. The summed E-state index contributed by atoms with van der Waals surface area (Å²) in [6, 6.07) is 4.38. The topological polar surface area (TPSA) is 112 Å². The number of anilines is 1. The van der Waals surface area contributed by atoms with E-state index in [0.29, 0.717) is 15.3 Å². The minimum absolute atomic E-state index is 0.0654. The average molecular weight is 532 g/mol. The number of nitrogens with one attached hydrogen (secondary N) is 1. The molecule has 0 aromatic carbocycles. The van der Waals surface area contributed by atoms with Crippen molar-refractivity contribution >= 4 is 74.0 Å². The second kappa shape index (κ2) is 10.0. The van der Waals surface area contributed by atoms with Gasteiger partial charge in [-0.3, -0.25) is 4.90 Å². The third-order valence-electron chi connectivity index (χ3n) is 4.46. The fraction of sp³-hybridized carbons (Fsp3) is 0.381. The quantitative estimate of drug-likeness (QED) is 0.322. The number of alkyl carbamates (subject to hydrolysis) is 1. The summed E-state index contributed by atoms with van der Waals surface area (Å²) in [4.78, 5) is 30.8. The van der Waals surface area contributed by atoms with E-state index in [-0.39, 0.29) is 22.2 Å². The first-order chi connectivity index (χ1) is 15.4. The average Bonchev–Trinajstić information content (AvgIpc) is 3.31. The first-order valence-corrected chi connectivity index (χ1v) is 12.3. The van der Waals surface area contributed by atoms with E-state index in [4.69, 9.17) is 27.9 Å². The highest BCUT2D eigenvalue weighted by Gasteiger charge is 2.29. The minimum Gasteiger partial charge on any atom is -0.465 e. The molecule has 2 atom stereocenters. The molecule has 178 valence electrons. The number of carbonyl (C=O) groups excluding carboxylic acids is 1. The maximum Gasteiger partial charge on any atom is 0.412 e. The SMILES string of the molecule is C[C@H](NC(=O)OC(C)(C)C)C(O)c1sc2c(N(Cc3cccs3)C(=O)O)cc(Cl)nc2c1Cl. The number of halogens is 2. The zero-order valence-electron chi connectivity index (χ0n) is 18.3. The van der Waals surface area contributed by atoms with Gasteiger partial charge in [0.15, 0.2) is 0 Å². The lowest BCUT2D eigenvalue weighted by molar-refractivity contribution is 0.0438. The number of amides is 2. The predicted octanol–water partition coefficient (Wildman–Crippen LogP) is 6.30. The highest BCUT2D eigenvalue weighted by Crippen LogP contribution is 2.44. The van der Waals surface area contributed by atoms with Crippen molar-refractivity contribution in [2.75, 3.05) is 4.90 Å². The molecule has 33 heavy (non-hydrogen) atoms. The lowest BCUT2D eigenvalue weighted by atomic mass is 10.1. The number of rotatable bonds is 6. The Labute approximate surface area is 208 Å². The Morgan fingerprint density at radius 2 is 2.03 bits per heavy atom. The Hall–Kier alpha value is -2.11. The Bertz CT molecular complexity index is 1160. The van der Waals surface area contributed by atoms with Crippen LogP contribution in [0.5, 0.6) is 0 Å².